The van der Waals surface area contributed by atoms with Crippen LogP contribution in [0.4, 0.5) is 0 Å². The zero-order valence-electron chi connectivity index (χ0n) is 13.9. The van der Waals surface area contributed by atoms with Crippen LogP contribution in [0.2, 0.25) is 5.15 Å². The number of rotatable bonds is 5. The van der Waals surface area contributed by atoms with Crippen molar-refractivity contribution in [3.05, 3.63) is 34.4 Å². The van der Waals surface area contributed by atoms with Crippen molar-refractivity contribution in [3.63, 3.8) is 0 Å². The molecule has 1 N–H and O–H groups in total. The van der Waals surface area contributed by atoms with Gasteiger partial charge < -0.3 is 5.11 Å². The van der Waals surface area contributed by atoms with Gasteiger partial charge in [-0.25, -0.2) is 0 Å². The standard InChI is InChI=1S/C16H24ClN5O/c1-4-15-14(16(17)21(3)19-15)9-22-7-12(10-23)13(8-22)11-5-18-20(2)6-11/h5-6,12-13,23H,4,7-10H2,1-3H3/t12-,13-/m0/s1. The zero-order valence-corrected chi connectivity index (χ0v) is 14.7. The van der Waals surface area contributed by atoms with Gasteiger partial charge >= 0.3 is 0 Å². The molecule has 0 aliphatic carbocycles. The highest BCUT2D eigenvalue weighted by molar-refractivity contribution is 6.30. The lowest BCUT2D eigenvalue weighted by atomic mass is 9.92. The summed E-state index contributed by atoms with van der Waals surface area (Å²) in [6.45, 7) is 4.84. The summed E-state index contributed by atoms with van der Waals surface area (Å²) in [6, 6.07) is 0. The van der Waals surface area contributed by atoms with E-state index in [0.717, 1.165) is 37.3 Å². The fourth-order valence-electron chi connectivity index (χ4n) is 3.55. The molecular weight excluding hydrogens is 314 g/mol. The summed E-state index contributed by atoms with van der Waals surface area (Å²) in [5.41, 5.74) is 3.37. The first kappa shape index (κ1) is 16.5. The van der Waals surface area contributed by atoms with Crippen molar-refractivity contribution in [2.45, 2.75) is 25.8 Å². The van der Waals surface area contributed by atoms with E-state index in [4.69, 9.17) is 11.6 Å². The molecule has 1 aliphatic rings. The Balaban J connectivity index is 1.78. The van der Waals surface area contributed by atoms with Crippen LogP contribution >= 0.6 is 11.6 Å². The quantitative estimate of drug-likeness (QED) is 0.900. The summed E-state index contributed by atoms with van der Waals surface area (Å²) in [5.74, 6) is 0.550. The average molecular weight is 338 g/mol. The highest BCUT2D eigenvalue weighted by Gasteiger charge is 2.34. The smallest absolute Gasteiger partial charge is 0.131 e. The van der Waals surface area contributed by atoms with E-state index in [9.17, 15) is 5.11 Å². The van der Waals surface area contributed by atoms with Crippen molar-refractivity contribution in [3.8, 4) is 0 Å². The maximum atomic E-state index is 9.75. The summed E-state index contributed by atoms with van der Waals surface area (Å²) in [5, 5.41) is 19.2. The van der Waals surface area contributed by atoms with E-state index in [1.54, 1.807) is 4.68 Å². The van der Waals surface area contributed by atoms with Gasteiger partial charge in [0.15, 0.2) is 0 Å². The molecule has 7 heteroatoms. The van der Waals surface area contributed by atoms with E-state index >= 15 is 0 Å². The van der Waals surface area contributed by atoms with Crippen LogP contribution < -0.4 is 0 Å². The molecular formula is C16H24ClN5O. The van der Waals surface area contributed by atoms with E-state index in [2.05, 4.69) is 22.0 Å². The van der Waals surface area contributed by atoms with Crippen molar-refractivity contribution in [1.82, 2.24) is 24.5 Å². The Bertz CT molecular complexity index is 680. The lowest BCUT2D eigenvalue weighted by Gasteiger charge is -2.15. The van der Waals surface area contributed by atoms with Crippen LogP contribution in [0.15, 0.2) is 12.4 Å². The lowest BCUT2D eigenvalue weighted by Crippen LogP contribution is -2.21. The maximum absolute atomic E-state index is 9.75. The number of nitrogens with zero attached hydrogens (tertiary/aromatic N) is 5. The minimum Gasteiger partial charge on any atom is -0.396 e. The van der Waals surface area contributed by atoms with Crippen molar-refractivity contribution >= 4 is 11.6 Å². The van der Waals surface area contributed by atoms with E-state index in [1.165, 1.54) is 5.56 Å². The van der Waals surface area contributed by atoms with Crippen LogP contribution in [0.1, 0.15) is 29.7 Å². The number of hydrogen-bond acceptors (Lipinski definition) is 4. The van der Waals surface area contributed by atoms with Gasteiger partial charge in [0, 0.05) is 63.9 Å². The predicted octanol–water partition coefficient (Wildman–Crippen LogP) is 1.58. The van der Waals surface area contributed by atoms with Gasteiger partial charge in [0.1, 0.15) is 5.15 Å². The Morgan fingerprint density at radius 3 is 2.74 bits per heavy atom. The van der Waals surface area contributed by atoms with Crippen molar-refractivity contribution in [2.75, 3.05) is 19.7 Å². The van der Waals surface area contributed by atoms with Crippen LogP contribution in [0.3, 0.4) is 0 Å². The third kappa shape index (κ3) is 3.16. The molecule has 0 unspecified atom stereocenters. The minimum absolute atomic E-state index is 0.192. The maximum Gasteiger partial charge on any atom is 0.131 e. The van der Waals surface area contributed by atoms with Gasteiger partial charge in [0.25, 0.3) is 0 Å². The Kier molecular flexibility index (Phi) is 4.75. The van der Waals surface area contributed by atoms with E-state index < -0.39 is 0 Å². The van der Waals surface area contributed by atoms with Crippen molar-refractivity contribution < 1.29 is 5.11 Å². The Hall–Kier alpha value is -1.37. The first-order valence-electron chi connectivity index (χ1n) is 8.05. The molecule has 3 heterocycles. The fraction of sp³-hybridized carbons (Fsp3) is 0.625. The number of aliphatic hydroxyl groups is 1. The first-order valence-corrected chi connectivity index (χ1v) is 8.43. The van der Waals surface area contributed by atoms with E-state index in [-0.39, 0.29) is 12.5 Å². The fourth-order valence-corrected chi connectivity index (χ4v) is 3.75. The molecule has 0 aromatic carbocycles. The SMILES string of the molecule is CCc1nn(C)c(Cl)c1CN1C[C@@H](CO)[C@H](c2cnn(C)c2)C1. The second kappa shape index (κ2) is 6.63. The highest BCUT2D eigenvalue weighted by atomic mass is 35.5. The van der Waals surface area contributed by atoms with Crippen molar-refractivity contribution in [1.29, 1.82) is 0 Å². The van der Waals surface area contributed by atoms with Gasteiger partial charge in [-0.05, 0) is 12.0 Å². The summed E-state index contributed by atoms with van der Waals surface area (Å²) < 4.78 is 3.56. The summed E-state index contributed by atoms with van der Waals surface area (Å²) >= 11 is 6.41. The first-order chi connectivity index (χ1) is 11.0. The molecule has 2 aromatic rings. The molecule has 0 amide bonds. The molecule has 6 nitrogen and oxygen atoms in total. The van der Waals surface area contributed by atoms with Crippen LogP contribution in [0.5, 0.6) is 0 Å². The van der Waals surface area contributed by atoms with Crippen LogP contribution in [-0.4, -0.2) is 49.3 Å². The second-order valence-electron chi connectivity index (χ2n) is 6.38. The van der Waals surface area contributed by atoms with Gasteiger partial charge in [-0.1, -0.05) is 18.5 Å². The topological polar surface area (TPSA) is 59.1 Å². The molecule has 2 atom stereocenters. The van der Waals surface area contributed by atoms with Gasteiger partial charge in [-0.3, -0.25) is 14.3 Å². The number of aromatic nitrogens is 4. The molecule has 0 bridgehead atoms. The Morgan fingerprint density at radius 2 is 2.13 bits per heavy atom. The third-order valence-corrected chi connectivity index (χ3v) is 5.25. The third-order valence-electron chi connectivity index (χ3n) is 4.77. The number of aryl methyl sites for hydroxylation is 3. The molecule has 0 spiro atoms. The van der Waals surface area contributed by atoms with Gasteiger partial charge in [0.2, 0.25) is 0 Å². The number of halogens is 1. The largest absolute Gasteiger partial charge is 0.396 e. The minimum atomic E-state index is 0.192. The number of likely N-dealkylation sites (tertiary alicyclic amines) is 1. The lowest BCUT2D eigenvalue weighted by molar-refractivity contribution is 0.214. The van der Waals surface area contributed by atoms with Crippen LogP contribution in [0.25, 0.3) is 0 Å². The molecule has 1 fully saturated rings. The molecule has 0 saturated carbocycles. The average Bonchev–Trinajstić information content (AvgIpc) is 3.21. The predicted molar refractivity (Wildman–Crippen MR) is 89.4 cm³/mol. The molecule has 1 aliphatic heterocycles. The summed E-state index contributed by atoms with van der Waals surface area (Å²) in [6.07, 6.45) is 4.83. The normalized spacial score (nSPS) is 22.1. The second-order valence-corrected chi connectivity index (χ2v) is 6.74. The van der Waals surface area contributed by atoms with E-state index in [1.807, 2.05) is 31.2 Å². The van der Waals surface area contributed by atoms with Crippen LogP contribution in [-0.2, 0) is 27.1 Å². The van der Waals surface area contributed by atoms with Gasteiger partial charge in [-0.15, -0.1) is 0 Å². The summed E-state index contributed by atoms with van der Waals surface area (Å²) in [4.78, 5) is 2.36. The Labute approximate surface area is 141 Å². The molecule has 0 radical (unpaired) electrons. The number of aliphatic hydroxyl groups excluding tert-OH is 1. The Morgan fingerprint density at radius 1 is 1.35 bits per heavy atom. The highest BCUT2D eigenvalue weighted by Crippen LogP contribution is 2.34. The zero-order chi connectivity index (χ0) is 16.6. The van der Waals surface area contributed by atoms with E-state index in [0.29, 0.717) is 11.1 Å². The molecule has 23 heavy (non-hydrogen) atoms. The van der Waals surface area contributed by atoms with Crippen LogP contribution in [0, 0.1) is 5.92 Å². The molecule has 3 rings (SSSR count). The number of hydrogen-bond donors (Lipinski definition) is 1. The molecule has 2 aromatic heterocycles. The van der Waals surface area contributed by atoms with Crippen molar-refractivity contribution in [2.24, 2.45) is 20.0 Å². The monoisotopic (exact) mass is 337 g/mol. The van der Waals surface area contributed by atoms with Gasteiger partial charge in [0.05, 0.1) is 11.9 Å². The molecule has 126 valence electrons. The van der Waals surface area contributed by atoms with Gasteiger partial charge in [-0.2, -0.15) is 10.2 Å². The summed E-state index contributed by atoms with van der Waals surface area (Å²) in [7, 11) is 3.80. The molecule has 1 saturated heterocycles.